The molecule has 0 amide bonds. The zero-order chi connectivity index (χ0) is 15.0. The van der Waals surface area contributed by atoms with Gasteiger partial charge in [0.25, 0.3) is 0 Å². The highest BCUT2D eigenvalue weighted by Gasteiger charge is 2.12. The van der Waals surface area contributed by atoms with Crippen molar-refractivity contribution in [3.05, 3.63) is 36.4 Å². The molecule has 0 bridgehead atoms. The van der Waals surface area contributed by atoms with Crippen molar-refractivity contribution in [1.82, 2.24) is 0 Å². The van der Waals surface area contributed by atoms with Crippen molar-refractivity contribution in [2.45, 2.75) is 0 Å². The summed E-state index contributed by atoms with van der Waals surface area (Å²) in [4.78, 5) is 11.4. The lowest BCUT2D eigenvalue weighted by molar-refractivity contribution is -0.136. The predicted octanol–water partition coefficient (Wildman–Crippen LogP) is 2.45. The SMILES string of the molecule is C=CCOC(=O)/C=C/c1cc(OC)c(OC)c(OC)c1. The van der Waals surface area contributed by atoms with Gasteiger partial charge in [-0.25, -0.2) is 4.79 Å². The maximum Gasteiger partial charge on any atom is 0.331 e. The molecule has 0 N–H and O–H groups in total. The number of carbonyl (C=O) groups is 1. The monoisotopic (exact) mass is 278 g/mol. The van der Waals surface area contributed by atoms with Crippen molar-refractivity contribution in [2.75, 3.05) is 27.9 Å². The van der Waals surface area contributed by atoms with Gasteiger partial charge in [-0.2, -0.15) is 0 Å². The molecule has 0 aromatic heterocycles. The Morgan fingerprint density at radius 2 is 1.75 bits per heavy atom. The van der Waals surface area contributed by atoms with Crippen LogP contribution in [-0.4, -0.2) is 33.9 Å². The van der Waals surface area contributed by atoms with Gasteiger partial charge in [0.15, 0.2) is 11.5 Å². The Morgan fingerprint density at radius 3 is 2.20 bits per heavy atom. The Kier molecular flexibility index (Phi) is 6.16. The number of methoxy groups -OCH3 is 3. The fourth-order valence-corrected chi connectivity index (χ4v) is 1.55. The molecule has 108 valence electrons. The minimum atomic E-state index is -0.446. The van der Waals surface area contributed by atoms with Crippen LogP contribution in [0, 0.1) is 0 Å². The van der Waals surface area contributed by atoms with Gasteiger partial charge < -0.3 is 18.9 Å². The molecule has 0 saturated carbocycles. The maximum atomic E-state index is 11.4. The highest BCUT2D eigenvalue weighted by Crippen LogP contribution is 2.38. The molecule has 20 heavy (non-hydrogen) atoms. The van der Waals surface area contributed by atoms with Crippen LogP contribution in [0.2, 0.25) is 0 Å². The van der Waals surface area contributed by atoms with Crippen LogP contribution in [0.4, 0.5) is 0 Å². The van der Waals surface area contributed by atoms with Crippen molar-refractivity contribution in [3.8, 4) is 17.2 Å². The highest BCUT2D eigenvalue weighted by molar-refractivity contribution is 5.87. The van der Waals surface area contributed by atoms with E-state index < -0.39 is 5.97 Å². The molecular formula is C15H18O5. The van der Waals surface area contributed by atoms with E-state index in [1.807, 2.05) is 0 Å². The van der Waals surface area contributed by atoms with Crippen molar-refractivity contribution in [2.24, 2.45) is 0 Å². The number of hydrogen-bond acceptors (Lipinski definition) is 5. The fourth-order valence-electron chi connectivity index (χ4n) is 1.55. The first-order valence-electron chi connectivity index (χ1n) is 5.92. The first-order valence-corrected chi connectivity index (χ1v) is 5.92. The third-order valence-corrected chi connectivity index (χ3v) is 2.44. The van der Waals surface area contributed by atoms with Gasteiger partial charge >= 0.3 is 5.97 Å². The van der Waals surface area contributed by atoms with Crippen LogP contribution < -0.4 is 14.2 Å². The van der Waals surface area contributed by atoms with E-state index in [-0.39, 0.29) is 6.61 Å². The molecule has 0 heterocycles. The smallest absolute Gasteiger partial charge is 0.331 e. The van der Waals surface area contributed by atoms with Gasteiger partial charge in [0.2, 0.25) is 5.75 Å². The number of carbonyl (C=O) groups excluding carboxylic acids is 1. The third kappa shape index (κ3) is 4.05. The second-order valence-electron chi connectivity index (χ2n) is 3.71. The summed E-state index contributed by atoms with van der Waals surface area (Å²) in [5, 5.41) is 0. The van der Waals surface area contributed by atoms with Gasteiger partial charge in [0.1, 0.15) is 6.61 Å². The minimum Gasteiger partial charge on any atom is -0.493 e. The van der Waals surface area contributed by atoms with Crippen LogP contribution >= 0.6 is 0 Å². The molecule has 0 aliphatic rings. The molecule has 0 aliphatic heterocycles. The molecule has 0 unspecified atom stereocenters. The molecule has 0 atom stereocenters. The van der Waals surface area contributed by atoms with E-state index in [0.717, 1.165) is 5.56 Å². The molecule has 5 heteroatoms. The van der Waals surface area contributed by atoms with Crippen molar-refractivity contribution >= 4 is 12.0 Å². The zero-order valence-electron chi connectivity index (χ0n) is 11.8. The van der Waals surface area contributed by atoms with E-state index in [1.54, 1.807) is 18.2 Å². The van der Waals surface area contributed by atoms with Crippen LogP contribution in [0.25, 0.3) is 6.08 Å². The topological polar surface area (TPSA) is 54.0 Å². The molecule has 1 rings (SSSR count). The van der Waals surface area contributed by atoms with Gasteiger partial charge in [-0.1, -0.05) is 12.7 Å². The summed E-state index contributed by atoms with van der Waals surface area (Å²) in [6.45, 7) is 3.65. The van der Waals surface area contributed by atoms with E-state index in [0.29, 0.717) is 17.2 Å². The average Bonchev–Trinajstić information content (AvgIpc) is 2.49. The Labute approximate surface area is 118 Å². The van der Waals surface area contributed by atoms with Gasteiger partial charge in [-0.05, 0) is 23.8 Å². The molecule has 0 radical (unpaired) electrons. The second-order valence-corrected chi connectivity index (χ2v) is 3.71. The Balaban J connectivity index is 2.98. The Morgan fingerprint density at radius 1 is 1.15 bits per heavy atom. The van der Waals surface area contributed by atoms with E-state index in [1.165, 1.54) is 33.5 Å². The second kappa shape index (κ2) is 7.89. The van der Waals surface area contributed by atoms with Gasteiger partial charge in [-0.3, -0.25) is 0 Å². The summed E-state index contributed by atoms with van der Waals surface area (Å²) in [5.74, 6) is 1.09. The normalized spacial score (nSPS) is 10.2. The Bertz CT molecular complexity index is 480. The molecule has 0 spiro atoms. The molecule has 0 aliphatic carbocycles. The lowest BCUT2D eigenvalue weighted by atomic mass is 10.1. The highest BCUT2D eigenvalue weighted by atomic mass is 16.5. The summed E-state index contributed by atoms with van der Waals surface area (Å²) in [6, 6.07) is 3.47. The number of esters is 1. The number of rotatable bonds is 7. The summed E-state index contributed by atoms with van der Waals surface area (Å²) in [5.41, 5.74) is 0.732. The van der Waals surface area contributed by atoms with Gasteiger partial charge in [-0.15, -0.1) is 0 Å². The molecule has 5 nitrogen and oxygen atoms in total. The van der Waals surface area contributed by atoms with Crippen LogP contribution in [-0.2, 0) is 9.53 Å². The first kappa shape index (κ1) is 15.6. The third-order valence-electron chi connectivity index (χ3n) is 2.44. The predicted molar refractivity (Wildman–Crippen MR) is 76.3 cm³/mol. The van der Waals surface area contributed by atoms with Crippen LogP contribution in [0.1, 0.15) is 5.56 Å². The quantitative estimate of drug-likeness (QED) is 0.435. The average molecular weight is 278 g/mol. The van der Waals surface area contributed by atoms with Crippen molar-refractivity contribution in [3.63, 3.8) is 0 Å². The standard InChI is InChI=1S/C15H18O5/c1-5-8-20-14(16)7-6-11-9-12(17-2)15(19-4)13(10-11)18-3/h5-7,9-10H,1,8H2,2-4H3/b7-6+. The molecular weight excluding hydrogens is 260 g/mol. The molecule has 1 aromatic carbocycles. The number of hydrogen-bond donors (Lipinski definition) is 0. The van der Waals surface area contributed by atoms with Crippen LogP contribution in [0.5, 0.6) is 17.2 Å². The van der Waals surface area contributed by atoms with Crippen LogP contribution in [0.3, 0.4) is 0 Å². The largest absolute Gasteiger partial charge is 0.493 e. The van der Waals surface area contributed by atoms with Crippen molar-refractivity contribution in [1.29, 1.82) is 0 Å². The summed E-state index contributed by atoms with van der Waals surface area (Å²) in [6.07, 6.45) is 4.44. The number of ether oxygens (including phenoxy) is 4. The molecule has 1 aromatic rings. The van der Waals surface area contributed by atoms with Gasteiger partial charge in [0, 0.05) is 6.08 Å². The van der Waals surface area contributed by atoms with E-state index in [4.69, 9.17) is 18.9 Å². The zero-order valence-corrected chi connectivity index (χ0v) is 11.8. The summed E-state index contributed by atoms with van der Waals surface area (Å²) in [7, 11) is 4.59. The number of benzene rings is 1. The summed E-state index contributed by atoms with van der Waals surface area (Å²) >= 11 is 0. The fraction of sp³-hybridized carbons (Fsp3) is 0.267. The van der Waals surface area contributed by atoms with Crippen molar-refractivity contribution < 1.29 is 23.7 Å². The summed E-state index contributed by atoms with van der Waals surface area (Å²) < 4.78 is 20.5. The van der Waals surface area contributed by atoms with Crippen LogP contribution in [0.15, 0.2) is 30.9 Å². The lowest BCUT2D eigenvalue weighted by Gasteiger charge is -2.12. The van der Waals surface area contributed by atoms with Gasteiger partial charge in [0.05, 0.1) is 21.3 Å². The van der Waals surface area contributed by atoms with E-state index in [9.17, 15) is 4.79 Å². The van der Waals surface area contributed by atoms with E-state index >= 15 is 0 Å². The molecule has 0 saturated heterocycles. The Hall–Kier alpha value is -2.43. The molecule has 0 fully saturated rings. The minimum absolute atomic E-state index is 0.179. The van der Waals surface area contributed by atoms with E-state index in [2.05, 4.69) is 6.58 Å². The first-order chi connectivity index (χ1) is 9.65. The lowest BCUT2D eigenvalue weighted by Crippen LogP contribution is -1.99. The maximum absolute atomic E-state index is 11.4.